The Morgan fingerprint density at radius 1 is 1.09 bits per heavy atom. The number of amides is 1. The lowest BCUT2D eigenvalue weighted by atomic mass is 9.95. The molecule has 0 radical (unpaired) electrons. The summed E-state index contributed by atoms with van der Waals surface area (Å²) >= 11 is 0. The zero-order valence-electron chi connectivity index (χ0n) is 13.4. The molecule has 0 spiro atoms. The highest BCUT2D eigenvalue weighted by Crippen LogP contribution is 2.25. The molecule has 1 fully saturated rings. The van der Waals surface area contributed by atoms with Gasteiger partial charge in [-0.3, -0.25) is 4.79 Å². The maximum atomic E-state index is 11.7. The molecular formula is C17H23NO5. The summed E-state index contributed by atoms with van der Waals surface area (Å²) in [6.07, 6.45) is 5.49. The van der Waals surface area contributed by atoms with E-state index in [-0.39, 0.29) is 25.2 Å². The van der Waals surface area contributed by atoms with Crippen molar-refractivity contribution in [1.82, 2.24) is 5.32 Å². The Hall–Kier alpha value is -2.24. The van der Waals surface area contributed by atoms with Gasteiger partial charge >= 0.3 is 5.97 Å². The quantitative estimate of drug-likeness (QED) is 0.778. The molecule has 1 aliphatic carbocycles. The predicted octanol–water partition coefficient (Wildman–Crippen LogP) is 2.07. The van der Waals surface area contributed by atoms with Crippen LogP contribution in [0.3, 0.4) is 0 Å². The summed E-state index contributed by atoms with van der Waals surface area (Å²) in [7, 11) is 1.52. The van der Waals surface area contributed by atoms with Crippen molar-refractivity contribution >= 4 is 11.9 Å². The van der Waals surface area contributed by atoms with Crippen LogP contribution in [0.4, 0.5) is 0 Å². The Labute approximate surface area is 136 Å². The van der Waals surface area contributed by atoms with E-state index in [1.807, 2.05) is 0 Å². The van der Waals surface area contributed by atoms with Crippen molar-refractivity contribution in [2.75, 3.05) is 20.3 Å². The fourth-order valence-corrected chi connectivity index (χ4v) is 2.58. The van der Waals surface area contributed by atoms with Gasteiger partial charge in [0.15, 0.2) is 24.7 Å². The van der Waals surface area contributed by atoms with Gasteiger partial charge in [-0.15, -0.1) is 0 Å². The van der Waals surface area contributed by atoms with Crippen LogP contribution in [0.25, 0.3) is 0 Å². The third kappa shape index (κ3) is 5.81. The van der Waals surface area contributed by atoms with Crippen LogP contribution in [0.15, 0.2) is 24.3 Å². The second-order valence-corrected chi connectivity index (χ2v) is 5.50. The summed E-state index contributed by atoms with van der Waals surface area (Å²) in [4.78, 5) is 23.4. The lowest BCUT2D eigenvalue weighted by molar-refractivity contribution is -0.150. The number of benzene rings is 1. The van der Waals surface area contributed by atoms with Crippen LogP contribution in [-0.4, -0.2) is 38.2 Å². The first-order valence-corrected chi connectivity index (χ1v) is 7.90. The van der Waals surface area contributed by atoms with Crippen LogP contribution < -0.4 is 14.8 Å². The zero-order valence-corrected chi connectivity index (χ0v) is 13.4. The van der Waals surface area contributed by atoms with Crippen LogP contribution in [0.2, 0.25) is 0 Å². The van der Waals surface area contributed by atoms with Gasteiger partial charge in [-0.2, -0.15) is 0 Å². The van der Waals surface area contributed by atoms with Crippen molar-refractivity contribution in [1.29, 1.82) is 0 Å². The summed E-state index contributed by atoms with van der Waals surface area (Å²) in [6, 6.07) is 7.22. The Morgan fingerprint density at radius 3 is 2.48 bits per heavy atom. The largest absolute Gasteiger partial charge is 0.493 e. The smallest absolute Gasteiger partial charge is 0.344 e. The Kier molecular flexibility index (Phi) is 6.72. The van der Waals surface area contributed by atoms with Crippen molar-refractivity contribution < 1.29 is 23.8 Å². The molecule has 0 atom stereocenters. The molecule has 126 valence electrons. The van der Waals surface area contributed by atoms with E-state index in [0.717, 1.165) is 25.7 Å². The third-order valence-corrected chi connectivity index (χ3v) is 3.75. The van der Waals surface area contributed by atoms with Gasteiger partial charge in [-0.1, -0.05) is 31.4 Å². The van der Waals surface area contributed by atoms with Gasteiger partial charge in [0.25, 0.3) is 5.91 Å². The monoisotopic (exact) mass is 321 g/mol. The second-order valence-electron chi connectivity index (χ2n) is 5.50. The highest BCUT2D eigenvalue weighted by molar-refractivity contribution is 5.81. The molecule has 0 aliphatic heterocycles. The molecule has 23 heavy (non-hydrogen) atoms. The number of para-hydroxylation sites is 2. The Morgan fingerprint density at radius 2 is 1.78 bits per heavy atom. The fraction of sp³-hybridized carbons (Fsp3) is 0.529. The van der Waals surface area contributed by atoms with Crippen LogP contribution in [0.5, 0.6) is 11.5 Å². The number of rotatable bonds is 7. The average molecular weight is 321 g/mol. The number of hydrogen-bond donors (Lipinski definition) is 1. The summed E-state index contributed by atoms with van der Waals surface area (Å²) in [5.74, 6) is 0.145. The summed E-state index contributed by atoms with van der Waals surface area (Å²) < 4.78 is 15.4. The van der Waals surface area contributed by atoms with Gasteiger partial charge in [-0.25, -0.2) is 4.79 Å². The molecule has 1 amide bonds. The van der Waals surface area contributed by atoms with E-state index >= 15 is 0 Å². The van der Waals surface area contributed by atoms with Gasteiger partial charge in [-0.05, 0) is 25.0 Å². The first kappa shape index (κ1) is 17.1. The molecule has 1 aliphatic rings. The van der Waals surface area contributed by atoms with Gasteiger partial charge in [0, 0.05) is 6.04 Å². The minimum absolute atomic E-state index is 0.208. The molecule has 6 nitrogen and oxygen atoms in total. The molecule has 0 saturated heterocycles. The Balaban J connectivity index is 1.67. The molecule has 6 heteroatoms. The number of hydrogen-bond acceptors (Lipinski definition) is 5. The first-order chi connectivity index (χ1) is 11.2. The molecule has 1 aromatic rings. The molecule has 0 aromatic heterocycles. The van der Waals surface area contributed by atoms with E-state index in [0.29, 0.717) is 11.5 Å². The number of esters is 1. The molecule has 1 aromatic carbocycles. The van der Waals surface area contributed by atoms with Crippen molar-refractivity contribution in [2.24, 2.45) is 0 Å². The number of ether oxygens (including phenoxy) is 3. The molecule has 2 rings (SSSR count). The normalized spacial score (nSPS) is 14.8. The first-order valence-electron chi connectivity index (χ1n) is 7.90. The van der Waals surface area contributed by atoms with Gasteiger partial charge in [0.2, 0.25) is 0 Å². The van der Waals surface area contributed by atoms with E-state index in [9.17, 15) is 9.59 Å². The van der Waals surface area contributed by atoms with Crippen molar-refractivity contribution in [3.63, 3.8) is 0 Å². The van der Waals surface area contributed by atoms with Gasteiger partial charge in [0.05, 0.1) is 7.11 Å². The standard InChI is InChI=1S/C17H23NO5/c1-21-14-9-5-6-10-15(14)22-12-17(20)23-11-16(19)18-13-7-3-2-4-8-13/h5-6,9-10,13H,2-4,7-8,11-12H2,1H3,(H,18,19). The molecular weight excluding hydrogens is 298 g/mol. The minimum atomic E-state index is -0.588. The summed E-state index contributed by atoms with van der Waals surface area (Å²) in [6.45, 7) is -0.540. The van der Waals surface area contributed by atoms with E-state index < -0.39 is 5.97 Å². The van der Waals surface area contributed by atoms with E-state index in [4.69, 9.17) is 14.2 Å². The third-order valence-electron chi connectivity index (χ3n) is 3.75. The zero-order chi connectivity index (χ0) is 16.5. The van der Waals surface area contributed by atoms with Crippen molar-refractivity contribution in [3.8, 4) is 11.5 Å². The van der Waals surface area contributed by atoms with Crippen LogP contribution in [0, 0.1) is 0 Å². The number of methoxy groups -OCH3 is 1. The molecule has 0 bridgehead atoms. The molecule has 0 heterocycles. The number of carbonyl (C=O) groups is 2. The molecule has 0 unspecified atom stereocenters. The van der Waals surface area contributed by atoms with Crippen molar-refractivity contribution in [3.05, 3.63) is 24.3 Å². The summed E-state index contributed by atoms with van der Waals surface area (Å²) in [5, 5.41) is 2.89. The van der Waals surface area contributed by atoms with E-state index in [1.165, 1.54) is 13.5 Å². The maximum absolute atomic E-state index is 11.7. The second kappa shape index (κ2) is 9.02. The van der Waals surface area contributed by atoms with Crippen LogP contribution in [0.1, 0.15) is 32.1 Å². The predicted molar refractivity (Wildman–Crippen MR) is 84.5 cm³/mol. The van der Waals surface area contributed by atoms with Gasteiger partial charge in [0.1, 0.15) is 0 Å². The lowest BCUT2D eigenvalue weighted by Gasteiger charge is -2.22. The minimum Gasteiger partial charge on any atom is -0.493 e. The number of nitrogens with one attached hydrogen (secondary N) is 1. The topological polar surface area (TPSA) is 73.9 Å². The Bertz CT molecular complexity index is 525. The highest BCUT2D eigenvalue weighted by Gasteiger charge is 2.16. The number of carbonyl (C=O) groups excluding carboxylic acids is 2. The van der Waals surface area contributed by atoms with E-state index in [2.05, 4.69) is 5.32 Å². The van der Waals surface area contributed by atoms with Crippen molar-refractivity contribution in [2.45, 2.75) is 38.1 Å². The summed E-state index contributed by atoms with van der Waals surface area (Å²) in [5.41, 5.74) is 0. The van der Waals surface area contributed by atoms with Crippen LogP contribution >= 0.6 is 0 Å². The van der Waals surface area contributed by atoms with Crippen LogP contribution in [-0.2, 0) is 14.3 Å². The molecule has 1 saturated carbocycles. The SMILES string of the molecule is COc1ccccc1OCC(=O)OCC(=O)NC1CCCCC1. The van der Waals surface area contributed by atoms with E-state index in [1.54, 1.807) is 24.3 Å². The molecule has 1 N–H and O–H groups in total. The lowest BCUT2D eigenvalue weighted by Crippen LogP contribution is -2.39. The fourth-order valence-electron chi connectivity index (χ4n) is 2.58. The average Bonchev–Trinajstić information content (AvgIpc) is 2.59. The maximum Gasteiger partial charge on any atom is 0.344 e. The van der Waals surface area contributed by atoms with Gasteiger partial charge < -0.3 is 19.5 Å². The highest BCUT2D eigenvalue weighted by atomic mass is 16.6.